The molecule has 3 heterocycles. The van der Waals surface area contributed by atoms with Gasteiger partial charge in [0, 0.05) is 32.7 Å². The molecule has 0 unspecified atom stereocenters. The Morgan fingerprint density at radius 3 is 2.90 bits per heavy atom. The molecule has 0 bridgehead atoms. The average Bonchev–Trinajstić information content (AvgIpc) is 3.30. The normalized spacial score (nSPS) is 25.7. The van der Waals surface area contributed by atoms with Gasteiger partial charge in [0.2, 0.25) is 5.95 Å². The number of allylic oxidation sites excluding steroid dienone is 1. The maximum atomic E-state index is 5.83. The molecule has 0 radical (unpaired) electrons. The number of aryl methyl sites for hydroxylation is 1. The van der Waals surface area contributed by atoms with Gasteiger partial charge in [-0.3, -0.25) is 0 Å². The van der Waals surface area contributed by atoms with E-state index in [1.165, 1.54) is 12.0 Å². The van der Waals surface area contributed by atoms with E-state index in [1.54, 1.807) is 0 Å². The third-order valence-corrected chi connectivity index (χ3v) is 6.78. The number of anilines is 1. The van der Waals surface area contributed by atoms with Crippen LogP contribution in [0, 0.1) is 0 Å². The first kappa shape index (κ1) is 17.1. The van der Waals surface area contributed by atoms with E-state index in [2.05, 4.69) is 38.8 Å². The number of hydrogen-bond donors (Lipinski definition) is 1. The molecular formula is C22H26N6O. The first-order chi connectivity index (χ1) is 14.2. The van der Waals surface area contributed by atoms with Crippen molar-refractivity contribution in [2.75, 3.05) is 11.9 Å². The molecule has 1 aliphatic heterocycles. The van der Waals surface area contributed by atoms with E-state index in [9.17, 15) is 0 Å². The minimum atomic E-state index is 0. The molecule has 0 atom stereocenters. The third-order valence-electron chi connectivity index (χ3n) is 6.78. The number of fused-ring (bicyclic) bond motifs is 2. The Morgan fingerprint density at radius 1 is 1.24 bits per heavy atom. The minimum Gasteiger partial charge on any atom is -0.375 e. The van der Waals surface area contributed by atoms with Crippen LogP contribution in [-0.2, 0) is 18.2 Å². The van der Waals surface area contributed by atoms with Crippen molar-refractivity contribution < 1.29 is 6.16 Å². The Balaban J connectivity index is 0.00000193. The number of hydrogen-bond acceptors (Lipinski definition) is 6. The Morgan fingerprint density at radius 2 is 2.10 bits per heavy atom. The summed E-state index contributed by atoms with van der Waals surface area (Å²) in [6, 6.07) is 6.71. The Bertz CT molecular complexity index is 1130. The van der Waals surface area contributed by atoms with Crippen LogP contribution in [0.25, 0.3) is 16.6 Å². The van der Waals surface area contributed by atoms with Crippen LogP contribution in [0.1, 0.15) is 50.4 Å². The first-order valence-corrected chi connectivity index (χ1v) is 10.5. The van der Waals surface area contributed by atoms with Crippen LogP contribution in [0.5, 0.6) is 0 Å². The standard InChI is InChI=1S/C22H24N6O.H2/c1-28-20-12-14(2-4-19(20)26-27-28)16-3-5-18-17(16)13-23-21(25-18)24-15-6-8-22(9-7-15)10-11-29-22;/h2-4,12-13,15H,5-11H2,1H3,(H,23,24,25);1H. The smallest absolute Gasteiger partial charge is 0.223 e. The summed E-state index contributed by atoms with van der Waals surface area (Å²) in [6.07, 6.45) is 10.8. The lowest BCUT2D eigenvalue weighted by Crippen LogP contribution is -2.48. The highest BCUT2D eigenvalue weighted by atomic mass is 16.5. The van der Waals surface area contributed by atoms with Crippen LogP contribution in [-0.4, -0.2) is 43.2 Å². The van der Waals surface area contributed by atoms with Crippen molar-refractivity contribution in [3.8, 4) is 0 Å². The van der Waals surface area contributed by atoms with Gasteiger partial charge in [0.25, 0.3) is 0 Å². The number of rotatable bonds is 3. The fourth-order valence-electron chi connectivity index (χ4n) is 4.90. The molecule has 150 valence electrons. The highest BCUT2D eigenvalue weighted by Crippen LogP contribution is 2.41. The minimum absolute atomic E-state index is 0. The topological polar surface area (TPSA) is 77.8 Å². The number of benzene rings is 1. The second kappa shape index (κ2) is 6.35. The van der Waals surface area contributed by atoms with E-state index in [0.717, 1.165) is 72.5 Å². The lowest BCUT2D eigenvalue weighted by Gasteiger charge is -2.46. The van der Waals surface area contributed by atoms with Gasteiger partial charge in [0.15, 0.2) is 0 Å². The van der Waals surface area contributed by atoms with Gasteiger partial charge in [0.05, 0.1) is 23.4 Å². The van der Waals surface area contributed by atoms with E-state index in [4.69, 9.17) is 9.72 Å². The molecule has 2 aromatic heterocycles. The molecule has 3 aromatic rings. The molecule has 6 rings (SSSR count). The van der Waals surface area contributed by atoms with Crippen LogP contribution in [0.2, 0.25) is 0 Å². The highest BCUT2D eigenvalue weighted by molar-refractivity contribution is 5.88. The predicted octanol–water partition coefficient (Wildman–Crippen LogP) is 3.51. The Labute approximate surface area is 170 Å². The van der Waals surface area contributed by atoms with Gasteiger partial charge >= 0.3 is 0 Å². The van der Waals surface area contributed by atoms with Crippen molar-refractivity contribution in [1.82, 2.24) is 25.0 Å². The quantitative estimate of drug-likeness (QED) is 0.737. The summed E-state index contributed by atoms with van der Waals surface area (Å²) in [5, 5.41) is 11.8. The zero-order valence-electron chi connectivity index (χ0n) is 16.6. The molecule has 1 saturated heterocycles. The number of nitrogens with one attached hydrogen (secondary N) is 1. The van der Waals surface area contributed by atoms with Crippen molar-refractivity contribution in [3.05, 3.63) is 47.3 Å². The molecule has 29 heavy (non-hydrogen) atoms. The molecule has 0 amide bonds. The lowest BCUT2D eigenvalue weighted by atomic mass is 9.77. The van der Waals surface area contributed by atoms with Gasteiger partial charge in [-0.25, -0.2) is 14.6 Å². The molecular weight excluding hydrogens is 364 g/mol. The van der Waals surface area contributed by atoms with Crippen LogP contribution >= 0.6 is 0 Å². The van der Waals surface area contributed by atoms with Gasteiger partial charge in [-0.2, -0.15) is 0 Å². The predicted molar refractivity (Wildman–Crippen MR) is 113 cm³/mol. The van der Waals surface area contributed by atoms with Crippen molar-refractivity contribution >= 4 is 22.6 Å². The SMILES string of the molecule is Cn1nnc2ccc(C3=CCc4nc(NC5CCC6(CCO6)CC5)ncc43)cc21.[HH]. The molecule has 1 saturated carbocycles. The van der Waals surface area contributed by atoms with E-state index in [1.807, 2.05) is 24.0 Å². The monoisotopic (exact) mass is 390 g/mol. The van der Waals surface area contributed by atoms with E-state index < -0.39 is 0 Å². The molecule has 3 aliphatic rings. The average molecular weight is 390 g/mol. The summed E-state index contributed by atoms with van der Waals surface area (Å²) in [7, 11) is 1.92. The molecule has 1 aromatic carbocycles. The molecule has 1 N–H and O–H groups in total. The fraction of sp³-hybridized carbons (Fsp3) is 0.455. The van der Waals surface area contributed by atoms with Gasteiger partial charge < -0.3 is 10.1 Å². The third kappa shape index (κ3) is 2.83. The summed E-state index contributed by atoms with van der Waals surface area (Å²) in [4.78, 5) is 9.46. The number of ether oxygens (including phenoxy) is 1. The van der Waals surface area contributed by atoms with Crippen LogP contribution in [0.15, 0.2) is 30.5 Å². The molecule has 7 heteroatoms. The van der Waals surface area contributed by atoms with Gasteiger partial charge in [0.1, 0.15) is 5.52 Å². The van der Waals surface area contributed by atoms with Crippen molar-refractivity contribution in [2.24, 2.45) is 7.05 Å². The summed E-state index contributed by atoms with van der Waals surface area (Å²) >= 11 is 0. The Kier molecular flexibility index (Phi) is 3.74. The summed E-state index contributed by atoms with van der Waals surface area (Å²) in [5.41, 5.74) is 6.69. The first-order valence-electron chi connectivity index (χ1n) is 10.5. The Hall–Kier alpha value is -2.80. The van der Waals surface area contributed by atoms with Crippen molar-refractivity contribution in [1.29, 1.82) is 0 Å². The molecule has 2 fully saturated rings. The molecule has 2 aliphatic carbocycles. The second-order valence-electron chi connectivity index (χ2n) is 8.49. The second-order valence-corrected chi connectivity index (χ2v) is 8.49. The highest BCUT2D eigenvalue weighted by Gasteiger charge is 2.41. The largest absolute Gasteiger partial charge is 0.375 e. The number of aromatic nitrogens is 5. The molecule has 7 nitrogen and oxygen atoms in total. The van der Waals surface area contributed by atoms with Crippen molar-refractivity contribution in [2.45, 2.75) is 50.2 Å². The number of nitrogens with zero attached hydrogens (tertiary/aromatic N) is 5. The maximum absolute atomic E-state index is 5.83. The van der Waals surface area contributed by atoms with Crippen LogP contribution < -0.4 is 5.32 Å². The van der Waals surface area contributed by atoms with E-state index in [0.29, 0.717) is 6.04 Å². The van der Waals surface area contributed by atoms with Crippen LogP contribution in [0.4, 0.5) is 5.95 Å². The van der Waals surface area contributed by atoms with Crippen molar-refractivity contribution in [3.63, 3.8) is 0 Å². The summed E-state index contributed by atoms with van der Waals surface area (Å²) in [6.45, 7) is 0.936. The zero-order chi connectivity index (χ0) is 19.4. The van der Waals surface area contributed by atoms with Crippen LogP contribution in [0.3, 0.4) is 0 Å². The lowest BCUT2D eigenvalue weighted by molar-refractivity contribution is -0.165. The molecule has 1 spiro atoms. The maximum Gasteiger partial charge on any atom is 0.223 e. The van der Waals surface area contributed by atoms with Gasteiger partial charge in [-0.1, -0.05) is 17.4 Å². The van der Waals surface area contributed by atoms with Gasteiger partial charge in [-0.15, -0.1) is 5.10 Å². The summed E-state index contributed by atoms with van der Waals surface area (Å²) < 4.78 is 7.63. The fourth-order valence-corrected chi connectivity index (χ4v) is 4.90. The van der Waals surface area contributed by atoms with Gasteiger partial charge in [-0.05, 0) is 55.4 Å². The summed E-state index contributed by atoms with van der Waals surface area (Å²) in [5.74, 6) is 0.750. The zero-order valence-corrected chi connectivity index (χ0v) is 16.6. The van der Waals surface area contributed by atoms with E-state index in [-0.39, 0.29) is 7.03 Å². The van der Waals surface area contributed by atoms with E-state index >= 15 is 0 Å².